The van der Waals surface area contributed by atoms with Crippen LogP contribution in [0.4, 0.5) is 8.78 Å². The molecule has 3 heteroatoms. The van der Waals surface area contributed by atoms with Crippen LogP contribution in [0.5, 0.6) is 0 Å². The summed E-state index contributed by atoms with van der Waals surface area (Å²) in [5.74, 6) is -2.32. The average molecular weight is 269 g/mol. The maximum absolute atomic E-state index is 14.1. The Balaban J connectivity index is 3.05. The van der Waals surface area contributed by atoms with E-state index >= 15 is 0 Å². The van der Waals surface area contributed by atoms with Crippen molar-refractivity contribution in [1.82, 2.24) is 0 Å². The second-order valence-corrected chi connectivity index (χ2v) is 6.01. The molecule has 1 aromatic carbocycles. The van der Waals surface area contributed by atoms with Crippen LogP contribution in [0, 0.1) is 11.8 Å². The average Bonchev–Trinajstić information content (AvgIpc) is 2.28. The molecule has 1 aromatic rings. The van der Waals surface area contributed by atoms with Crippen molar-refractivity contribution in [2.75, 3.05) is 6.54 Å². The molecule has 1 atom stereocenters. The number of nitrogens with two attached hydrogens (primary N) is 1. The first-order valence-corrected chi connectivity index (χ1v) is 6.96. The normalized spacial score (nSPS) is 14.2. The molecule has 0 saturated heterocycles. The SMILES string of the molecule is CC(C)CC(F)(F)c1cccc(C(CN)C(C)C)c1. The molecule has 19 heavy (non-hydrogen) atoms. The predicted molar refractivity (Wildman–Crippen MR) is 76.4 cm³/mol. The Kier molecular flexibility index (Phi) is 5.48. The fourth-order valence-corrected chi connectivity index (χ4v) is 2.42. The molecule has 0 amide bonds. The summed E-state index contributed by atoms with van der Waals surface area (Å²) in [6.45, 7) is 8.24. The quantitative estimate of drug-likeness (QED) is 0.807. The van der Waals surface area contributed by atoms with E-state index in [1.807, 2.05) is 19.9 Å². The minimum Gasteiger partial charge on any atom is -0.330 e. The lowest BCUT2D eigenvalue weighted by Crippen LogP contribution is -2.20. The highest BCUT2D eigenvalue weighted by atomic mass is 19.3. The Morgan fingerprint density at radius 2 is 1.79 bits per heavy atom. The van der Waals surface area contributed by atoms with Crippen molar-refractivity contribution in [1.29, 1.82) is 0 Å². The highest BCUT2D eigenvalue weighted by Crippen LogP contribution is 2.36. The van der Waals surface area contributed by atoms with Gasteiger partial charge in [0.15, 0.2) is 0 Å². The van der Waals surface area contributed by atoms with Crippen LogP contribution in [0.15, 0.2) is 24.3 Å². The molecular formula is C16H25F2N. The van der Waals surface area contributed by atoms with E-state index in [0.29, 0.717) is 12.5 Å². The summed E-state index contributed by atoms with van der Waals surface area (Å²) in [5, 5.41) is 0. The molecule has 2 N–H and O–H groups in total. The molecule has 0 fully saturated rings. The molecule has 0 saturated carbocycles. The third-order valence-corrected chi connectivity index (χ3v) is 3.46. The van der Waals surface area contributed by atoms with Crippen LogP contribution in [0.3, 0.4) is 0 Å². The smallest absolute Gasteiger partial charge is 0.273 e. The first kappa shape index (κ1) is 16.1. The van der Waals surface area contributed by atoms with Crippen molar-refractivity contribution in [2.24, 2.45) is 17.6 Å². The van der Waals surface area contributed by atoms with Crippen molar-refractivity contribution in [3.05, 3.63) is 35.4 Å². The molecule has 0 bridgehead atoms. The van der Waals surface area contributed by atoms with Gasteiger partial charge >= 0.3 is 0 Å². The van der Waals surface area contributed by atoms with Crippen LogP contribution in [-0.2, 0) is 5.92 Å². The topological polar surface area (TPSA) is 26.0 Å². The maximum atomic E-state index is 14.1. The fraction of sp³-hybridized carbons (Fsp3) is 0.625. The lowest BCUT2D eigenvalue weighted by molar-refractivity contribution is -0.0250. The Labute approximate surface area is 115 Å². The lowest BCUT2D eigenvalue weighted by Gasteiger charge is -2.23. The minimum atomic E-state index is -2.76. The van der Waals surface area contributed by atoms with Crippen LogP contribution in [0.1, 0.15) is 51.2 Å². The van der Waals surface area contributed by atoms with Crippen molar-refractivity contribution in [3.63, 3.8) is 0 Å². The molecule has 1 rings (SSSR count). The minimum absolute atomic E-state index is 0.0333. The van der Waals surface area contributed by atoms with Crippen LogP contribution >= 0.6 is 0 Å². The van der Waals surface area contributed by atoms with E-state index in [2.05, 4.69) is 13.8 Å². The molecule has 0 aliphatic carbocycles. The van der Waals surface area contributed by atoms with Crippen molar-refractivity contribution < 1.29 is 8.78 Å². The van der Waals surface area contributed by atoms with Crippen molar-refractivity contribution in [2.45, 2.75) is 46.0 Å². The molecule has 0 heterocycles. The summed E-state index contributed by atoms with van der Waals surface area (Å²) in [5.41, 5.74) is 6.78. The Morgan fingerprint density at radius 3 is 2.26 bits per heavy atom. The van der Waals surface area contributed by atoms with Gasteiger partial charge in [0.1, 0.15) is 0 Å². The summed E-state index contributed by atoms with van der Waals surface area (Å²) < 4.78 is 28.2. The van der Waals surface area contributed by atoms with Crippen LogP contribution in [-0.4, -0.2) is 6.54 Å². The number of hydrogen-bond acceptors (Lipinski definition) is 1. The molecule has 0 aromatic heterocycles. The number of halogens is 2. The van der Waals surface area contributed by atoms with Gasteiger partial charge in [-0.3, -0.25) is 0 Å². The highest BCUT2D eigenvalue weighted by molar-refractivity contribution is 5.30. The number of rotatable bonds is 6. The Hall–Kier alpha value is -0.960. The zero-order chi connectivity index (χ0) is 14.6. The zero-order valence-corrected chi connectivity index (χ0v) is 12.3. The first-order valence-electron chi connectivity index (χ1n) is 6.96. The summed E-state index contributed by atoms with van der Waals surface area (Å²) in [6, 6.07) is 6.75. The maximum Gasteiger partial charge on any atom is 0.273 e. The van der Waals surface area contributed by atoms with E-state index < -0.39 is 5.92 Å². The number of hydrogen-bond donors (Lipinski definition) is 1. The third-order valence-electron chi connectivity index (χ3n) is 3.46. The van der Waals surface area contributed by atoms with E-state index in [0.717, 1.165) is 5.56 Å². The number of alkyl halides is 2. The molecule has 0 radical (unpaired) electrons. The van der Waals surface area contributed by atoms with Gasteiger partial charge in [0.2, 0.25) is 0 Å². The van der Waals surface area contributed by atoms with Gasteiger partial charge in [-0.1, -0.05) is 45.9 Å². The molecule has 0 spiro atoms. The summed E-state index contributed by atoms with van der Waals surface area (Å²) in [4.78, 5) is 0. The summed E-state index contributed by atoms with van der Waals surface area (Å²) >= 11 is 0. The van der Waals surface area contributed by atoms with Crippen LogP contribution in [0.25, 0.3) is 0 Å². The van der Waals surface area contributed by atoms with E-state index in [-0.39, 0.29) is 23.8 Å². The predicted octanol–water partition coefficient (Wildman–Crippen LogP) is 4.52. The molecule has 0 aliphatic heterocycles. The fourth-order valence-electron chi connectivity index (χ4n) is 2.42. The summed E-state index contributed by atoms with van der Waals surface area (Å²) in [6.07, 6.45) is -0.120. The molecule has 108 valence electrons. The Morgan fingerprint density at radius 1 is 1.16 bits per heavy atom. The Bertz CT molecular complexity index is 399. The summed E-state index contributed by atoms with van der Waals surface area (Å²) in [7, 11) is 0. The van der Waals surface area contributed by atoms with Gasteiger partial charge in [-0.15, -0.1) is 0 Å². The molecule has 1 unspecified atom stereocenters. The van der Waals surface area contributed by atoms with Crippen molar-refractivity contribution in [3.8, 4) is 0 Å². The second kappa shape index (κ2) is 6.47. The van der Waals surface area contributed by atoms with Gasteiger partial charge < -0.3 is 5.73 Å². The standard InChI is InChI=1S/C16H25F2N/c1-11(2)9-16(17,18)14-7-5-6-13(8-14)15(10-19)12(3)4/h5-8,11-12,15H,9-10,19H2,1-4H3. The van der Waals surface area contributed by atoms with E-state index in [4.69, 9.17) is 5.73 Å². The van der Waals surface area contributed by atoms with E-state index in [9.17, 15) is 8.78 Å². The van der Waals surface area contributed by atoms with E-state index in [1.165, 1.54) is 6.07 Å². The van der Waals surface area contributed by atoms with Crippen LogP contribution < -0.4 is 5.73 Å². The van der Waals surface area contributed by atoms with Crippen molar-refractivity contribution >= 4 is 0 Å². The zero-order valence-electron chi connectivity index (χ0n) is 12.3. The molecule has 0 aliphatic rings. The monoisotopic (exact) mass is 269 g/mol. The molecule has 1 nitrogen and oxygen atoms in total. The van der Waals surface area contributed by atoms with Gasteiger partial charge in [-0.2, -0.15) is 0 Å². The third kappa shape index (κ3) is 4.27. The van der Waals surface area contributed by atoms with Gasteiger partial charge in [-0.05, 0) is 35.9 Å². The number of benzene rings is 1. The second-order valence-electron chi connectivity index (χ2n) is 6.01. The van der Waals surface area contributed by atoms with Crippen LogP contribution in [0.2, 0.25) is 0 Å². The lowest BCUT2D eigenvalue weighted by atomic mass is 9.86. The van der Waals surface area contributed by atoms with Gasteiger partial charge in [-0.25, -0.2) is 8.78 Å². The largest absolute Gasteiger partial charge is 0.330 e. The van der Waals surface area contributed by atoms with Gasteiger partial charge in [0.05, 0.1) is 0 Å². The van der Waals surface area contributed by atoms with E-state index in [1.54, 1.807) is 12.1 Å². The van der Waals surface area contributed by atoms with Gasteiger partial charge in [0.25, 0.3) is 5.92 Å². The highest BCUT2D eigenvalue weighted by Gasteiger charge is 2.32. The first-order chi connectivity index (χ1) is 8.77. The molecular weight excluding hydrogens is 244 g/mol. The van der Waals surface area contributed by atoms with Gasteiger partial charge in [0, 0.05) is 12.0 Å².